The number of hydrogen-bond acceptors (Lipinski definition) is 3. The van der Waals surface area contributed by atoms with Crippen LogP contribution >= 0.6 is 24.0 Å². The van der Waals surface area contributed by atoms with Crippen LogP contribution in [0.1, 0.15) is 18.0 Å². The predicted molar refractivity (Wildman–Crippen MR) is 119 cm³/mol. The van der Waals surface area contributed by atoms with Crippen LogP contribution in [0.5, 0.6) is 5.75 Å². The number of hydrogen-bond donors (Lipinski definition) is 2. The lowest BCUT2D eigenvalue weighted by molar-refractivity contribution is -0.127. The van der Waals surface area contributed by atoms with Crippen molar-refractivity contribution in [3.63, 3.8) is 0 Å². The summed E-state index contributed by atoms with van der Waals surface area (Å²) in [6, 6.07) is 17.6. The van der Waals surface area contributed by atoms with Gasteiger partial charge in [-0.1, -0.05) is 42.5 Å². The SMILES string of the molecule is COc1ccccc1NC(N)=NCC1CC(=O)N(C)C1c1ccccc1.I. The van der Waals surface area contributed by atoms with Crippen LogP contribution in [0.15, 0.2) is 59.6 Å². The highest BCUT2D eigenvalue weighted by Crippen LogP contribution is 2.37. The van der Waals surface area contributed by atoms with E-state index in [1.807, 2.05) is 61.6 Å². The topological polar surface area (TPSA) is 80.0 Å². The summed E-state index contributed by atoms with van der Waals surface area (Å²) >= 11 is 0. The summed E-state index contributed by atoms with van der Waals surface area (Å²) in [5.74, 6) is 1.23. The van der Waals surface area contributed by atoms with E-state index in [0.29, 0.717) is 24.7 Å². The standard InChI is InChI=1S/C20H24N4O2.HI/c1-24-18(25)12-15(19(24)14-8-4-3-5-9-14)13-22-20(21)23-16-10-6-7-11-17(16)26-2;/h3-11,15,19H,12-13H2,1-2H3,(H3,21,22,23);1H. The van der Waals surface area contributed by atoms with Gasteiger partial charge in [0, 0.05) is 25.9 Å². The first-order valence-electron chi connectivity index (χ1n) is 8.60. The van der Waals surface area contributed by atoms with Crippen molar-refractivity contribution in [2.45, 2.75) is 12.5 Å². The maximum absolute atomic E-state index is 12.2. The van der Waals surface area contributed by atoms with Crippen LogP contribution in [0, 0.1) is 5.92 Å². The van der Waals surface area contributed by atoms with E-state index >= 15 is 0 Å². The zero-order valence-corrected chi connectivity index (χ0v) is 17.8. The highest BCUT2D eigenvalue weighted by Gasteiger charge is 2.38. The van der Waals surface area contributed by atoms with Gasteiger partial charge in [-0.2, -0.15) is 0 Å². The highest BCUT2D eigenvalue weighted by atomic mass is 127. The largest absolute Gasteiger partial charge is 0.495 e. The van der Waals surface area contributed by atoms with Crippen molar-refractivity contribution in [1.29, 1.82) is 0 Å². The smallest absolute Gasteiger partial charge is 0.223 e. The Morgan fingerprint density at radius 2 is 1.89 bits per heavy atom. The number of nitrogens with two attached hydrogens (primary N) is 1. The van der Waals surface area contributed by atoms with Crippen molar-refractivity contribution in [2.24, 2.45) is 16.6 Å². The number of rotatable bonds is 5. The van der Waals surface area contributed by atoms with E-state index in [2.05, 4.69) is 10.3 Å². The number of guanidine groups is 1. The molecule has 2 aromatic rings. The number of likely N-dealkylation sites (tertiary alicyclic amines) is 1. The van der Waals surface area contributed by atoms with Gasteiger partial charge in [-0.25, -0.2) is 0 Å². The second-order valence-corrected chi connectivity index (χ2v) is 6.38. The normalized spacial score (nSPS) is 19.6. The molecule has 1 heterocycles. The summed E-state index contributed by atoms with van der Waals surface area (Å²) < 4.78 is 5.30. The Hall–Kier alpha value is -2.29. The third kappa shape index (κ3) is 4.91. The van der Waals surface area contributed by atoms with Crippen LogP contribution in [0.3, 0.4) is 0 Å². The molecule has 1 fully saturated rings. The number of aliphatic imine (C=N–C) groups is 1. The van der Waals surface area contributed by atoms with E-state index in [9.17, 15) is 4.79 Å². The van der Waals surface area contributed by atoms with Crippen LogP contribution in [-0.4, -0.2) is 37.5 Å². The van der Waals surface area contributed by atoms with Crippen LogP contribution in [0.2, 0.25) is 0 Å². The van der Waals surface area contributed by atoms with Gasteiger partial charge in [-0.05, 0) is 17.7 Å². The first kappa shape index (κ1) is 21.0. The molecule has 0 aromatic heterocycles. The fourth-order valence-corrected chi connectivity index (χ4v) is 3.40. The van der Waals surface area contributed by atoms with Crippen LogP contribution in [0.4, 0.5) is 5.69 Å². The number of benzene rings is 2. The zero-order chi connectivity index (χ0) is 18.5. The Morgan fingerprint density at radius 3 is 2.59 bits per heavy atom. The highest BCUT2D eigenvalue weighted by molar-refractivity contribution is 14.0. The van der Waals surface area contributed by atoms with Crippen LogP contribution in [-0.2, 0) is 4.79 Å². The molecule has 1 amide bonds. The summed E-state index contributed by atoms with van der Waals surface area (Å²) in [5.41, 5.74) is 7.93. The van der Waals surface area contributed by atoms with E-state index in [0.717, 1.165) is 11.3 Å². The fraction of sp³-hybridized carbons (Fsp3) is 0.300. The molecule has 3 N–H and O–H groups in total. The average Bonchev–Trinajstić information content (AvgIpc) is 2.95. The summed E-state index contributed by atoms with van der Waals surface area (Å²) in [6.07, 6.45) is 0.474. The zero-order valence-electron chi connectivity index (χ0n) is 15.5. The summed E-state index contributed by atoms with van der Waals surface area (Å²) in [6.45, 7) is 0.476. The monoisotopic (exact) mass is 480 g/mol. The van der Waals surface area contributed by atoms with E-state index in [1.165, 1.54) is 0 Å². The lowest BCUT2D eigenvalue weighted by atomic mass is 9.94. The Labute approximate surface area is 176 Å². The second-order valence-electron chi connectivity index (χ2n) is 6.38. The maximum Gasteiger partial charge on any atom is 0.223 e. The summed E-state index contributed by atoms with van der Waals surface area (Å²) in [5, 5.41) is 3.07. The maximum atomic E-state index is 12.2. The van der Waals surface area contributed by atoms with Gasteiger partial charge in [0.2, 0.25) is 5.91 Å². The molecular formula is C20H25IN4O2. The molecule has 2 atom stereocenters. The molecule has 3 rings (SSSR count). The van der Waals surface area contributed by atoms with Crippen LogP contribution < -0.4 is 15.8 Å². The van der Waals surface area contributed by atoms with Gasteiger partial charge >= 0.3 is 0 Å². The van der Waals surface area contributed by atoms with Crippen molar-refractivity contribution in [3.8, 4) is 5.75 Å². The molecule has 27 heavy (non-hydrogen) atoms. The summed E-state index contributed by atoms with van der Waals surface area (Å²) in [7, 11) is 3.46. The van der Waals surface area contributed by atoms with Gasteiger partial charge in [0.15, 0.2) is 5.96 Å². The third-order valence-electron chi connectivity index (χ3n) is 4.70. The molecule has 7 heteroatoms. The van der Waals surface area contributed by atoms with Gasteiger partial charge in [-0.15, -0.1) is 24.0 Å². The predicted octanol–water partition coefficient (Wildman–Crippen LogP) is 3.26. The van der Waals surface area contributed by atoms with Gasteiger partial charge in [0.05, 0.1) is 18.8 Å². The van der Waals surface area contributed by atoms with Crippen molar-refractivity contribution >= 4 is 41.5 Å². The minimum absolute atomic E-state index is 0. The van der Waals surface area contributed by atoms with Crippen molar-refractivity contribution in [3.05, 3.63) is 60.2 Å². The molecule has 0 saturated carbocycles. The second kappa shape index (κ2) is 9.59. The number of carbonyl (C=O) groups is 1. The summed E-state index contributed by atoms with van der Waals surface area (Å²) in [4.78, 5) is 18.5. The molecule has 1 aliphatic heterocycles. The molecule has 0 aliphatic carbocycles. The Kier molecular flexibility index (Phi) is 7.46. The molecule has 1 saturated heterocycles. The van der Waals surface area contributed by atoms with Crippen molar-refractivity contribution in [2.75, 3.05) is 26.0 Å². The molecule has 0 bridgehead atoms. The number of nitrogens with one attached hydrogen (secondary N) is 1. The fourth-order valence-electron chi connectivity index (χ4n) is 3.40. The Balaban J connectivity index is 0.00000261. The molecular weight excluding hydrogens is 455 g/mol. The number of nitrogens with zero attached hydrogens (tertiary/aromatic N) is 2. The van der Waals surface area contributed by atoms with E-state index in [-0.39, 0.29) is 41.8 Å². The van der Waals surface area contributed by atoms with Crippen molar-refractivity contribution in [1.82, 2.24) is 4.90 Å². The number of amides is 1. The molecule has 144 valence electrons. The quantitative estimate of drug-likeness (QED) is 0.391. The minimum atomic E-state index is 0. The first-order valence-corrected chi connectivity index (χ1v) is 8.60. The molecule has 0 radical (unpaired) electrons. The number of para-hydroxylation sites is 2. The van der Waals surface area contributed by atoms with Gasteiger partial charge in [0.25, 0.3) is 0 Å². The van der Waals surface area contributed by atoms with E-state index in [1.54, 1.807) is 12.0 Å². The Morgan fingerprint density at radius 1 is 1.22 bits per heavy atom. The molecule has 2 aromatic carbocycles. The van der Waals surface area contributed by atoms with E-state index in [4.69, 9.17) is 10.5 Å². The average molecular weight is 480 g/mol. The number of ether oxygens (including phenoxy) is 1. The molecule has 0 spiro atoms. The van der Waals surface area contributed by atoms with Crippen LogP contribution in [0.25, 0.3) is 0 Å². The number of halogens is 1. The molecule has 2 unspecified atom stereocenters. The molecule has 6 nitrogen and oxygen atoms in total. The van der Waals surface area contributed by atoms with Gasteiger partial charge in [-0.3, -0.25) is 9.79 Å². The lowest BCUT2D eigenvalue weighted by Crippen LogP contribution is -2.27. The van der Waals surface area contributed by atoms with E-state index < -0.39 is 0 Å². The lowest BCUT2D eigenvalue weighted by Gasteiger charge is -2.24. The minimum Gasteiger partial charge on any atom is -0.495 e. The molecule has 1 aliphatic rings. The third-order valence-corrected chi connectivity index (χ3v) is 4.70. The number of methoxy groups -OCH3 is 1. The van der Waals surface area contributed by atoms with Gasteiger partial charge in [0.1, 0.15) is 5.75 Å². The number of carbonyl (C=O) groups excluding carboxylic acids is 1. The number of anilines is 1. The van der Waals surface area contributed by atoms with Gasteiger partial charge < -0.3 is 20.7 Å². The van der Waals surface area contributed by atoms with Crippen molar-refractivity contribution < 1.29 is 9.53 Å². The Bertz CT molecular complexity index is 798. The first-order chi connectivity index (χ1) is 12.6.